The van der Waals surface area contributed by atoms with Crippen molar-refractivity contribution >= 4 is 40.3 Å². The first kappa shape index (κ1) is 21.8. The summed E-state index contributed by atoms with van der Waals surface area (Å²) in [5.41, 5.74) is 6.47. The molecule has 1 aliphatic rings. The second-order valence-electron chi connectivity index (χ2n) is 7.73. The third kappa shape index (κ3) is 4.81. The van der Waals surface area contributed by atoms with Crippen molar-refractivity contribution in [3.8, 4) is 0 Å². The third-order valence-corrected chi connectivity index (χ3v) is 5.26. The molecule has 3 aromatic heterocycles. The quantitative estimate of drug-likeness (QED) is 0.375. The first-order valence-electron chi connectivity index (χ1n) is 10.5. The molecule has 0 radical (unpaired) electrons. The van der Waals surface area contributed by atoms with Gasteiger partial charge in [-0.2, -0.15) is 23.1 Å². The Morgan fingerprint density at radius 1 is 0.941 bits per heavy atom. The zero-order valence-electron chi connectivity index (χ0n) is 17.9. The van der Waals surface area contributed by atoms with Gasteiger partial charge in [0.2, 0.25) is 5.95 Å². The molecule has 34 heavy (non-hydrogen) atoms. The number of ether oxygens (including phenoxy) is 1. The van der Waals surface area contributed by atoms with Gasteiger partial charge in [-0.05, 0) is 24.3 Å². The van der Waals surface area contributed by atoms with E-state index in [1.54, 1.807) is 12.3 Å². The summed E-state index contributed by atoms with van der Waals surface area (Å²) < 4.78 is 47.0. The van der Waals surface area contributed by atoms with Gasteiger partial charge in [-0.1, -0.05) is 0 Å². The van der Waals surface area contributed by atoms with Gasteiger partial charge in [-0.3, -0.25) is 0 Å². The van der Waals surface area contributed by atoms with Crippen molar-refractivity contribution in [2.75, 3.05) is 47.6 Å². The van der Waals surface area contributed by atoms with Crippen LogP contribution in [0, 0.1) is 0 Å². The number of nitrogens with zero attached hydrogens (tertiary/aromatic N) is 5. The number of aromatic nitrogens is 4. The number of pyridine rings is 1. The van der Waals surface area contributed by atoms with Crippen LogP contribution in [0.4, 0.5) is 47.8 Å². The van der Waals surface area contributed by atoms with Gasteiger partial charge in [0.15, 0.2) is 0 Å². The van der Waals surface area contributed by atoms with E-state index in [1.165, 1.54) is 6.07 Å². The lowest BCUT2D eigenvalue weighted by Gasteiger charge is -2.28. The molecule has 9 nitrogen and oxygen atoms in total. The van der Waals surface area contributed by atoms with Crippen LogP contribution < -0.4 is 21.3 Å². The molecule has 4 heterocycles. The predicted octanol–water partition coefficient (Wildman–Crippen LogP) is 4.05. The van der Waals surface area contributed by atoms with E-state index in [9.17, 15) is 13.2 Å². The number of benzene rings is 1. The Bertz CT molecular complexity index is 1320. The van der Waals surface area contributed by atoms with Crippen molar-refractivity contribution in [3.05, 3.63) is 60.6 Å². The highest BCUT2D eigenvalue weighted by molar-refractivity contribution is 5.67. The van der Waals surface area contributed by atoms with E-state index in [-0.39, 0.29) is 17.3 Å². The van der Waals surface area contributed by atoms with Crippen LogP contribution in [-0.4, -0.2) is 45.7 Å². The summed E-state index contributed by atoms with van der Waals surface area (Å²) in [6.07, 6.45) is 0.867. The first-order valence-corrected chi connectivity index (χ1v) is 10.5. The van der Waals surface area contributed by atoms with E-state index in [1.807, 2.05) is 33.8 Å². The minimum Gasteiger partial charge on any atom is -0.399 e. The van der Waals surface area contributed by atoms with E-state index in [4.69, 9.17) is 10.5 Å². The SMILES string of the molecule is Nc1cc(Nc2nc(Nc3ccn4ccnc4c3)cc(N3CCOCC3)n2)cc(C(F)(F)F)c1. The Balaban J connectivity index is 1.49. The molecule has 1 aliphatic heterocycles. The summed E-state index contributed by atoms with van der Waals surface area (Å²) in [5, 5.41) is 6.10. The molecule has 1 fully saturated rings. The average molecular weight is 470 g/mol. The highest BCUT2D eigenvalue weighted by Crippen LogP contribution is 2.33. The fraction of sp³-hybridized carbons (Fsp3) is 0.227. The number of nitrogen functional groups attached to an aromatic ring is 1. The molecule has 12 heteroatoms. The summed E-state index contributed by atoms with van der Waals surface area (Å²) >= 11 is 0. The molecule has 0 spiro atoms. The molecule has 0 bridgehead atoms. The van der Waals surface area contributed by atoms with Crippen LogP contribution in [0.15, 0.2) is 55.0 Å². The number of imidazole rings is 1. The number of nitrogens with one attached hydrogen (secondary N) is 2. The van der Waals surface area contributed by atoms with Crippen molar-refractivity contribution in [2.45, 2.75) is 6.18 Å². The van der Waals surface area contributed by atoms with Crippen LogP contribution in [0.1, 0.15) is 5.56 Å². The minimum atomic E-state index is -4.53. The number of nitrogens with two attached hydrogens (primary N) is 1. The van der Waals surface area contributed by atoms with E-state index in [0.29, 0.717) is 37.9 Å². The molecule has 0 unspecified atom stereocenters. The van der Waals surface area contributed by atoms with E-state index >= 15 is 0 Å². The predicted molar refractivity (Wildman–Crippen MR) is 123 cm³/mol. The molecule has 0 aliphatic carbocycles. The van der Waals surface area contributed by atoms with E-state index in [2.05, 4.69) is 25.6 Å². The standard InChI is InChI=1S/C22H21F3N8O/c23-22(24,25)14-9-15(26)11-17(10-14)29-21-30-18(13-20(31-21)33-5-7-34-8-6-33)28-16-1-3-32-4-2-27-19(32)12-16/h1-4,9-13H,5-8,26H2,(H2,28,29,30,31). The van der Waals surface area contributed by atoms with E-state index in [0.717, 1.165) is 23.5 Å². The number of anilines is 6. The normalized spacial score (nSPS) is 14.4. The Labute approximate surface area is 192 Å². The largest absolute Gasteiger partial charge is 0.416 e. The van der Waals surface area contributed by atoms with E-state index < -0.39 is 11.7 Å². The van der Waals surface area contributed by atoms with Gasteiger partial charge in [-0.25, -0.2) is 4.98 Å². The molecule has 1 saturated heterocycles. The van der Waals surface area contributed by atoms with Gasteiger partial charge in [-0.15, -0.1) is 0 Å². The van der Waals surface area contributed by atoms with Crippen LogP contribution in [0.5, 0.6) is 0 Å². The second-order valence-corrected chi connectivity index (χ2v) is 7.73. The fourth-order valence-corrected chi connectivity index (χ4v) is 3.66. The number of halogens is 3. The van der Waals surface area contributed by atoms with Gasteiger partial charge < -0.3 is 30.4 Å². The highest BCUT2D eigenvalue weighted by Gasteiger charge is 2.31. The monoisotopic (exact) mass is 470 g/mol. The number of rotatable bonds is 5. The molecule has 4 aromatic rings. The Kier molecular flexibility index (Phi) is 5.57. The van der Waals surface area contributed by atoms with Gasteiger partial charge in [0.25, 0.3) is 0 Å². The molecule has 0 saturated carbocycles. The number of morpholine rings is 1. The molecule has 1 aromatic carbocycles. The van der Waals surface area contributed by atoms with Crippen LogP contribution in [0.25, 0.3) is 5.65 Å². The maximum Gasteiger partial charge on any atom is 0.416 e. The molecule has 176 valence electrons. The fourth-order valence-electron chi connectivity index (χ4n) is 3.66. The van der Waals surface area contributed by atoms with Crippen molar-refractivity contribution in [1.29, 1.82) is 0 Å². The molecule has 0 amide bonds. The molecule has 0 atom stereocenters. The van der Waals surface area contributed by atoms with Crippen molar-refractivity contribution in [2.24, 2.45) is 0 Å². The summed E-state index contributed by atoms with van der Waals surface area (Å²) in [5.74, 6) is 1.21. The lowest BCUT2D eigenvalue weighted by Crippen LogP contribution is -2.36. The number of alkyl halides is 3. The first-order chi connectivity index (χ1) is 16.3. The average Bonchev–Trinajstić information content (AvgIpc) is 3.26. The summed E-state index contributed by atoms with van der Waals surface area (Å²) in [6, 6.07) is 8.77. The topological polar surface area (TPSA) is 106 Å². The van der Waals surface area contributed by atoms with Gasteiger partial charge in [0, 0.05) is 60.9 Å². The third-order valence-electron chi connectivity index (χ3n) is 5.26. The van der Waals surface area contributed by atoms with Crippen LogP contribution in [-0.2, 0) is 10.9 Å². The summed E-state index contributed by atoms with van der Waals surface area (Å²) in [4.78, 5) is 15.3. The number of fused-ring (bicyclic) bond motifs is 1. The van der Waals surface area contributed by atoms with Crippen molar-refractivity contribution in [3.63, 3.8) is 0 Å². The number of hydrogen-bond donors (Lipinski definition) is 3. The zero-order valence-corrected chi connectivity index (χ0v) is 17.9. The zero-order chi connectivity index (χ0) is 23.7. The summed E-state index contributed by atoms with van der Waals surface area (Å²) in [6.45, 7) is 2.37. The lowest BCUT2D eigenvalue weighted by molar-refractivity contribution is -0.137. The number of hydrogen-bond acceptors (Lipinski definition) is 8. The maximum absolute atomic E-state index is 13.2. The Morgan fingerprint density at radius 2 is 1.76 bits per heavy atom. The van der Waals surface area contributed by atoms with Crippen LogP contribution >= 0.6 is 0 Å². The summed E-state index contributed by atoms with van der Waals surface area (Å²) in [7, 11) is 0. The second kappa shape index (κ2) is 8.71. The lowest BCUT2D eigenvalue weighted by atomic mass is 10.1. The Hall–Kier alpha value is -4.06. The van der Waals surface area contributed by atoms with Gasteiger partial charge in [0.1, 0.15) is 17.3 Å². The molecular weight excluding hydrogens is 449 g/mol. The maximum atomic E-state index is 13.2. The molecule has 5 rings (SSSR count). The Morgan fingerprint density at radius 3 is 2.56 bits per heavy atom. The minimum absolute atomic E-state index is 0.0204. The van der Waals surface area contributed by atoms with Gasteiger partial charge >= 0.3 is 6.18 Å². The van der Waals surface area contributed by atoms with Crippen molar-refractivity contribution < 1.29 is 17.9 Å². The van der Waals surface area contributed by atoms with Crippen molar-refractivity contribution in [1.82, 2.24) is 19.4 Å². The van der Waals surface area contributed by atoms with Crippen LogP contribution in [0.2, 0.25) is 0 Å². The van der Waals surface area contributed by atoms with Gasteiger partial charge in [0.05, 0.1) is 18.8 Å². The van der Waals surface area contributed by atoms with Crippen LogP contribution in [0.3, 0.4) is 0 Å². The smallest absolute Gasteiger partial charge is 0.399 e. The molecule has 4 N–H and O–H groups in total. The molecular formula is C22H21F3N8O. The highest BCUT2D eigenvalue weighted by atomic mass is 19.4.